The molecule has 19 heavy (non-hydrogen) atoms. The molecular weight excluding hydrogens is 234 g/mol. The fourth-order valence-corrected chi connectivity index (χ4v) is 2.34. The molecule has 1 aromatic carbocycles. The van der Waals surface area contributed by atoms with Crippen LogP contribution in [0, 0.1) is 27.7 Å². The number of anilines is 1. The van der Waals surface area contributed by atoms with Crippen LogP contribution in [-0.4, -0.2) is 16.7 Å². The van der Waals surface area contributed by atoms with Gasteiger partial charge in [-0.15, -0.1) is 10.2 Å². The van der Waals surface area contributed by atoms with Gasteiger partial charge in [0.25, 0.3) is 0 Å². The van der Waals surface area contributed by atoms with Crippen LogP contribution in [0.15, 0.2) is 18.2 Å². The highest BCUT2D eigenvalue weighted by Crippen LogP contribution is 2.30. The molecule has 1 heterocycles. The van der Waals surface area contributed by atoms with Crippen molar-refractivity contribution in [2.75, 3.05) is 11.9 Å². The van der Waals surface area contributed by atoms with Gasteiger partial charge in [0.15, 0.2) is 0 Å². The number of nitrogens with one attached hydrogen (secondary N) is 1. The smallest absolute Gasteiger partial charge is 0.148 e. The summed E-state index contributed by atoms with van der Waals surface area (Å²) in [5.41, 5.74) is 7.34. The quantitative estimate of drug-likeness (QED) is 0.906. The molecule has 0 atom stereocenters. The van der Waals surface area contributed by atoms with E-state index in [1.54, 1.807) is 0 Å². The summed E-state index contributed by atoms with van der Waals surface area (Å²) < 4.78 is 0. The van der Waals surface area contributed by atoms with Gasteiger partial charge >= 0.3 is 0 Å². The molecule has 0 saturated carbocycles. The lowest BCUT2D eigenvalue weighted by Gasteiger charge is -2.14. The molecule has 0 spiro atoms. The number of aromatic nitrogens is 2. The van der Waals surface area contributed by atoms with E-state index in [-0.39, 0.29) is 0 Å². The first-order valence-corrected chi connectivity index (χ1v) is 6.70. The van der Waals surface area contributed by atoms with Crippen molar-refractivity contribution in [3.63, 3.8) is 0 Å². The number of aryl methyl sites for hydroxylation is 2. The average Bonchev–Trinajstić information content (AvgIpc) is 2.39. The Labute approximate surface area is 115 Å². The first-order chi connectivity index (χ1) is 9.04. The molecule has 2 rings (SSSR count). The van der Waals surface area contributed by atoms with Crippen LogP contribution >= 0.6 is 0 Å². The third-order valence-electron chi connectivity index (χ3n) is 3.64. The molecule has 0 aliphatic rings. The molecule has 3 heteroatoms. The van der Waals surface area contributed by atoms with E-state index in [1.165, 1.54) is 27.8 Å². The Morgan fingerprint density at radius 3 is 2.05 bits per heavy atom. The number of hydrogen-bond acceptors (Lipinski definition) is 3. The van der Waals surface area contributed by atoms with Crippen LogP contribution in [0.3, 0.4) is 0 Å². The lowest BCUT2D eigenvalue weighted by Crippen LogP contribution is -2.02. The lowest BCUT2D eigenvalue weighted by molar-refractivity contribution is 1.01. The highest BCUT2D eigenvalue weighted by Gasteiger charge is 2.12. The van der Waals surface area contributed by atoms with Gasteiger partial charge in [-0.2, -0.15) is 0 Å². The van der Waals surface area contributed by atoms with E-state index in [4.69, 9.17) is 0 Å². The van der Waals surface area contributed by atoms with E-state index in [1.807, 2.05) is 19.1 Å². The van der Waals surface area contributed by atoms with Gasteiger partial charge < -0.3 is 5.32 Å². The molecule has 0 fully saturated rings. The summed E-state index contributed by atoms with van der Waals surface area (Å²) in [4.78, 5) is 0. The van der Waals surface area contributed by atoms with Gasteiger partial charge in [-0.25, -0.2) is 0 Å². The Balaban J connectivity index is 2.52. The molecule has 1 aromatic heterocycles. The van der Waals surface area contributed by atoms with Gasteiger partial charge in [0, 0.05) is 12.1 Å². The maximum absolute atomic E-state index is 4.36. The van der Waals surface area contributed by atoms with Gasteiger partial charge in [0.1, 0.15) is 5.82 Å². The second kappa shape index (κ2) is 5.39. The van der Waals surface area contributed by atoms with E-state index in [0.29, 0.717) is 0 Å². The minimum atomic E-state index is 0.825. The van der Waals surface area contributed by atoms with Crippen molar-refractivity contribution in [2.24, 2.45) is 0 Å². The lowest BCUT2D eigenvalue weighted by atomic mass is 9.92. The Hall–Kier alpha value is -1.90. The SMILES string of the molecule is CCNc1ccc(-c2c(C)c(C)cc(C)c2C)nn1. The van der Waals surface area contributed by atoms with Crippen LogP contribution in [0.4, 0.5) is 5.82 Å². The summed E-state index contributed by atoms with van der Waals surface area (Å²) in [5.74, 6) is 0.825. The average molecular weight is 255 g/mol. The van der Waals surface area contributed by atoms with Gasteiger partial charge in [-0.05, 0) is 69.0 Å². The molecule has 0 radical (unpaired) electrons. The van der Waals surface area contributed by atoms with Gasteiger partial charge in [0.2, 0.25) is 0 Å². The zero-order chi connectivity index (χ0) is 14.0. The summed E-state index contributed by atoms with van der Waals surface area (Å²) in [5, 5.41) is 11.7. The normalized spacial score (nSPS) is 10.6. The minimum absolute atomic E-state index is 0.825. The second-order valence-corrected chi connectivity index (χ2v) is 4.97. The van der Waals surface area contributed by atoms with Crippen molar-refractivity contribution in [2.45, 2.75) is 34.6 Å². The van der Waals surface area contributed by atoms with Crippen molar-refractivity contribution in [3.8, 4) is 11.3 Å². The van der Waals surface area contributed by atoms with Gasteiger partial charge in [-0.3, -0.25) is 0 Å². The largest absolute Gasteiger partial charge is 0.369 e. The van der Waals surface area contributed by atoms with Gasteiger partial charge in [-0.1, -0.05) is 6.07 Å². The molecule has 3 nitrogen and oxygen atoms in total. The number of benzene rings is 1. The predicted molar refractivity (Wildman–Crippen MR) is 80.6 cm³/mol. The molecule has 0 amide bonds. The zero-order valence-electron chi connectivity index (χ0n) is 12.3. The topological polar surface area (TPSA) is 37.8 Å². The van der Waals surface area contributed by atoms with Crippen molar-refractivity contribution in [3.05, 3.63) is 40.5 Å². The standard InChI is InChI=1S/C16H21N3/c1-6-17-15-8-7-14(18-19-15)16-12(4)10(2)9-11(3)13(16)5/h7-9H,6H2,1-5H3,(H,17,19). The summed E-state index contributed by atoms with van der Waals surface area (Å²) in [7, 11) is 0. The molecule has 0 aliphatic heterocycles. The van der Waals surface area contributed by atoms with Gasteiger partial charge in [0.05, 0.1) is 5.69 Å². The van der Waals surface area contributed by atoms with Crippen molar-refractivity contribution >= 4 is 5.82 Å². The third-order valence-corrected chi connectivity index (χ3v) is 3.64. The monoisotopic (exact) mass is 255 g/mol. The molecule has 0 bridgehead atoms. The number of rotatable bonds is 3. The Morgan fingerprint density at radius 2 is 1.58 bits per heavy atom. The highest BCUT2D eigenvalue weighted by atomic mass is 15.2. The van der Waals surface area contributed by atoms with Crippen molar-refractivity contribution in [1.29, 1.82) is 0 Å². The highest BCUT2D eigenvalue weighted by molar-refractivity contribution is 5.70. The van der Waals surface area contributed by atoms with Crippen LogP contribution in [0.5, 0.6) is 0 Å². The molecular formula is C16H21N3. The maximum atomic E-state index is 4.36. The van der Waals surface area contributed by atoms with E-state index >= 15 is 0 Å². The Bertz CT molecular complexity index is 560. The maximum Gasteiger partial charge on any atom is 0.148 e. The number of hydrogen-bond donors (Lipinski definition) is 1. The Morgan fingerprint density at radius 1 is 0.947 bits per heavy atom. The van der Waals surface area contributed by atoms with Crippen LogP contribution < -0.4 is 5.32 Å². The predicted octanol–water partition coefficient (Wildman–Crippen LogP) is 3.81. The minimum Gasteiger partial charge on any atom is -0.369 e. The first-order valence-electron chi connectivity index (χ1n) is 6.70. The van der Waals surface area contributed by atoms with E-state index in [0.717, 1.165) is 18.1 Å². The molecule has 100 valence electrons. The van der Waals surface area contributed by atoms with Crippen LogP contribution in [0.2, 0.25) is 0 Å². The summed E-state index contributed by atoms with van der Waals surface area (Å²) in [6.45, 7) is 11.5. The molecule has 0 saturated heterocycles. The fraction of sp³-hybridized carbons (Fsp3) is 0.375. The zero-order valence-corrected chi connectivity index (χ0v) is 12.3. The van der Waals surface area contributed by atoms with Crippen molar-refractivity contribution < 1.29 is 0 Å². The molecule has 2 aromatic rings. The van der Waals surface area contributed by atoms with E-state index in [9.17, 15) is 0 Å². The van der Waals surface area contributed by atoms with E-state index < -0.39 is 0 Å². The first kappa shape index (κ1) is 13.5. The van der Waals surface area contributed by atoms with Crippen LogP contribution in [0.25, 0.3) is 11.3 Å². The molecule has 0 aliphatic carbocycles. The third kappa shape index (κ3) is 2.60. The summed E-state index contributed by atoms with van der Waals surface area (Å²) in [6.07, 6.45) is 0. The fourth-order valence-electron chi connectivity index (χ4n) is 2.34. The van der Waals surface area contributed by atoms with Crippen LogP contribution in [-0.2, 0) is 0 Å². The van der Waals surface area contributed by atoms with Crippen molar-refractivity contribution in [1.82, 2.24) is 10.2 Å². The van der Waals surface area contributed by atoms with Crippen LogP contribution in [0.1, 0.15) is 29.2 Å². The Kier molecular flexibility index (Phi) is 3.84. The second-order valence-electron chi connectivity index (χ2n) is 4.97. The summed E-state index contributed by atoms with van der Waals surface area (Å²) in [6, 6.07) is 6.26. The number of nitrogens with zero attached hydrogens (tertiary/aromatic N) is 2. The molecule has 0 unspecified atom stereocenters. The molecule has 1 N–H and O–H groups in total. The summed E-state index contributed by atoms with van der Waals surface area (Å²) >= 11 is 0. The van der Waals surface area contributed by atoms with E-state index in [2.05, 4.69) is 49.3 Å².